The summed E-state index contributed by atoms with van der Waals surface area (Å²) in [7, 11) is 0. The van der Waals surface area contributed by atoms with Crippen molar-refractivity contribution in [2.45, 2.75) is 65.3 Å². The van der Waals surface area contributed by atoms with Gasteiger partial charge >= 0.3 is 0 Å². The molecule has 2 atom stereocenters. The van der Waals surface area contributed by atoms with Crippen molar-refractivity contribution >= 4 is 0 Å². The molecule has 0 aliphatic carbocycles. The molecule has 0 amide bonds. The summed E-state index contributed by atoms with van der Waals surface area (Å²) in [5, 5.41) is 8.58. The average molecular weight is 226 g/mol. The van der Waals surface area contributed by atoms with E-state index in [9.17, 15) is 0 Å². The highest BCUT2D eigenvalue weighted by molar-refractivity contribution is 4.82. The Morgan fingerprint density at radius 3 is 2.50 bits per heavy atom. The Hall–Kier alpha value is -0.590. The molecule has 3 heteroatoms. The molecule has 0 rings (SSSR count). The monoisotopic (exact) mass is 226 g/mol. The number of hydroxylamine groups is 1. The summed E-state index contributed by atoms with van der Waals surface area (Å²) in [6.45, 7) is 6.95. The van der Waals surface area contributed by atoms with Crippen molar-refractivity contribution in [3.8, 4) is 6.07 Å². The molecule has 16 heavy (non-hydrogen) atoms. The Bertz CT molecular complexity index is 189. The lowest BCUT2D eigenvalue weighted by Gasteiger charge is -2.16. The molecule has 2 unspecified atom stereocenters. The molecule has 0 aromatic rings. The molecule has 0 heterocycles. The zero-order valence-electron chi connectivity index (χ0n) is 11.0. The standard InChI is InChI=1S/C13H26N2O/c1-4-6-7-9-13(8-5-2)11-16-15-12(3)10-14/h12-13,15H,4-9,11H2,1-3H3. The summed E-state index contributed by atoms with van der Waals surface area (Å²) in [6, 6.07) is 1.86. The highest BCUT2D eigenvalue weighted by Gasteiger charge is 2.08. The maximum atomic E-state index is 8.58. The van der Waals surface area contributed by atoms with E-state index in [-0.39, 0.29) is 6.04 Å². The Morgan fingerprint density at radius 1 is 1.19 bits per heavy atom. The fourth-order valence-electron chi connectivity index (χ4n) is 1.72. The largest absolute Gasteiger partial charge is 0.300 e. The summed E-state index contributed by atoms with van der Waals surface area (Å²) in [6.07, 6.45) is 7.52. The molecule has 94 valence electrons. The van der Waals surface area contributed by atoms with Crippen LogP contribution in [0.5, 0.6) is 0 Å². The third-order valence-corrected chi connectivity index (χ3v) is 2.69. The molecule has 0 radical (unpaired) electrons. The van der Waals surface area contributed by atoms with E-state index in [1.165, 1.54) is 38.5 Å². The normalized spacial score (nSPS) is 14.4. The van der Waals surface area contributed by atoms with Crippen molar-refractivity contribution in [3.63, 3.8) is 0 Å². The van der Waals surface area contributed by atoms with Gasteiger partial charge in [-0.3, -0.25) is 0 Å². The smallest absolute Gasteiger partial charge is 0.116 e. The molecule has 0 aliphatic heterocycles. The zero-order chi connectivity index (χ0) is 12.2. The summed E-state index contributed by atoms with van der Waals surface area (Å²) in [5.74, 6) is 0.634. The first-order valence-corrected chi connectivity index (χ1v) is 6.51. The first-order valence-electron chi connectivity index (χ1n) is 6.51. The van der Waals surface area contributed by atoms with E-state index >= 15 is 0 Å². The third-order valence-electron chi connectivity index (χ3n) is 2.69. The van der Waals surface area contributed by atoms with Gasteiger partial charge in [-0.15, -0.1) is 0 Å². The lowest BCUT2D eigenvalue weighted by atomic mass is 9.97. The van der Waals surface area contributed by atoms with Crippen molar-refractivity contribution in [3.05, 3.63) is 0 Å². The van der Waals surface area contributed by atoms with Crippen LogP contribution < -0.4 is 5.48 Å². The van der Waals surface area contributed by atoms with Crippen LogP contribution in [0.15, 0.2) is 0 Å². The summed E-state index contributed by atoms with van der Waals surface area (Å²) >= 11 is 0. The molecule has 0 aliphatic rings. The van der Waals surface area contributed by atoms with E-state index in [2.05, 4.69) is 25.4 Å². The van der Waals surface area contributed by atoms with Crippen LogP contribution >= 0.6 is 0 Å². The molecular formula is C13H26N2O. The number of hydrogen-bond acceptors (Lipinski definition) is 3. The second kappa shape index (κ2) is 10.9. The van der Waals surface area contributed by atoms with Gasteiger partial charge in [0.15, 0.2) is 0 Å². The molecular weight excluding hydrogens is 200 g/mol. The first kappa shape index (κ1) is 15.4. The fourth-order valence-corrected chi connectivity index (χ4v) is 1.72. The van der Waals surface area contributed by atoms with Crippen LogP contribution in [0.25, 0.3) is 0 Å². The second-order valence-electron chi connectivity index (χ2n) is 4.43. The number of nitrogens with one attached hydrogen (secondary N) is 1. The lowest BCUT2D eigenvalue weighted by molar-refractivity contribution is 0.00438. The summed E-state index contributed by atoms with van der Waals surface area (Å²) in [4.78, 5) is 5.36. The highest BCUT2D eigenvalue weighted by atomic mass is 16.6. The molecule has 0 aromatic carbocycles. The van der Waals surface area contributed by atoms with Crippen LogP contribution in [0.4, 0.5) is 0 Å². The topological polar surface area (TPSA) is 45.0 Å². The van der Waals surface area contributed by atoms with Crippen molar-refractivity contribution in [1.82, 2.24) is 5.48 Å². The maximum absolute atomic E-state index is 8.58. The van der Waals surface area contributed by atoms with Crippen molar-refractivity contribution in [1.29, 1.82) is 5.26 Å². The van der Waals surface area contributed by atoms with Crippen LogP contribution in [0.2, 0.25) is 0 Å². The zero-order valence-corrected chi connectivity index (χ0v) is 11.0. The molecule has 1 N–H and O–H groups in total. The molecule has 0 spiro atoms. The van der Waals surface area contributed by atoms with Crippen LogP contribution in [-0.4, -0.2) is 12.6 Å². The minimum Gasteiger partial charge on any atom is -0.300 e. The Labute approximate surface area is 100 Å². The number of rotatable bonds is 10. The molecule has 0 saturated heterocycles. The quantitative estimate of drug-likeness (QED) is 0.458. The molecule has 0 bridgehead atoms. The maximum Gasteiger partial charge on any atom is 0.116 e. The van der Waals surface area contributed by atoms with Gasteiger partial charge in [0.2, 0.25) is 0 Å². The van der Waals surface area contributed by atoms with Crippen molar-refractivity contribution in [2.24, 2.45) is 5.92 Å². The van der Waals surface area contributed by atoms with E-state index in [1.807, 2.05) is 0 Å². The van der Waals surface area contributed by atoms with E-state index < -0.39 is 0 Å². The predicted molar refractivity (Wildman–Crippen MR) is 66.7 cm³/mol. The van der Waals surface area contributed by atoms with Gasteiger partial charge in [0.05, 0.1) is 12.7 Å². The molecule has 0 fully saturated rings. The van der Waals surface area contributed by atoms with Crippen molar-refractivity contribution in [2.75, 3.05) is 6.61 Å². The number of hydrogen-bond donors (Lipinski definition) is 1. The van der Waals surface area contributed by atoms with Gasteiger partial charge in [-0.25, -0.2) is 0 Å². The lowest BCUT2D eigenvalue weighted by Crippen LogP contribution is -2.27. The van der Waals surface area contributed by atoms with Crippen LogP contribution in [0.3, 0.4) is 0 Å². The molecule has 0 saturated carbocycles. The summed E-state index contributed by atoms with van der Waals surface area (Å²) in [5.41, 5.74) is 2.75. The van der Waals surface area contributed by atoms with Gasteiger partial charge in [0, 0.05) is 0 Å². The van der Waals surface area contributed by atoms with E-state index in [0.29, 0.717) is 5.92 Å². The second-order valence-corrected chi connectivity index (χ2v) is 4.43. The molecule has 0 aromatic heterocycles. The van der Waals surface area contributed by atoms with Gasteiger partial charge in [-0.2, -0.15) is 10.7 Å². The minimum atomic E-state index is -0.224. The van der Waals surface area contributed by atoms with E-state index in [0.717, 1.165) is 6.61 Å². The average Bonchev–Trinajstić information content (AvgIpc) is 2.29. The van der Waals surface area contributed by atoms with Crippen LogP contribution in [0.1, 0.15) is 59.3 Å². The fraction of sp³-hybridized carbons (Fsp3) is 0.923. The van der Waals surface area contributed by atoms with E-state index in [4.69, 9.17) is 10.1 Å². The Morgan fingerprint density at radius 2 is 1.94 bits per heavy atom. The number of unbranched alkanes of at least 4 members (excludes halogenated alkanes) is 2. The third kappa shape index (κ3) is 8.70. The van der Waals surface area contributed by atoms with Crippen LogP contribution in [0, 0.1) is 17.2 Å². The first-order chi connectivity index (χ1) is 7.74. The molecule has 3 nitrogen and oxygen atoms in total. The highest BCUT2D eigenvalue weighted by Crippen LogP contribution is 2.15. The number of nitrogens with zero attached hydrogens (tertiary/aromatic N) is 1. The van der Waals surface area contributed by atoms with Gasteiger partial charge < -0.3 is 4.84 Å². The minimum absolute atomic E-state index is 0.224. The Kier molecular flexibility index (Phi) is 10.5. The SMILES string of the molecule is CCCCCC(CCC)CONC(C)C#N. The van der Waals surface area contributed by atoms with Crippen molar-refractivity contribution < 1.29 is 4.84 Å². The number of nitriles is 1. The van der Waals surface area contributed by atoms with Gasteiger partial charge in [-0.1, -0.05) is 39.5 Å². The van der Waals surface area contributed by atoms with Gasteiger partial charge in [0.25, 0.3) is 0 Å². The van der Waals surface area contributed by atoms with Crippen LogP contribution in [-0.2, 0) is 4.84 Å². The predicted octanol–water partition coefficient (Wildman–Crippen LogP) is 3.42. The van der Waals surface area contributed by atoms with Gasteiger partial charge in [0.1, 0.15) is 6.04 Å². The van der Waals surface area contributed by atoms with E-state index in [1.54, 1.807) is 6.92 Å². The van der Waals surface area contributed by atoms with Gasteiger partial charge in [-0.05, 0) is 25.7 Å². The summed E-state index contributed by atoms with van der Waals surface area (Å²) < 4.78 is 0. The Balaban J connectivity index is 3.63.